The highest BCUT2D eigenvalue weighted by atomic mass is 19.1. The van der Waals surface area contributed by atoms with E-state index in [0.29, 0.717) is 40.5 Å². The summed E-state index contributed by atoms with van der Waals surface area (Å²) < 4.78 is 37.8. The molecule has 2 unspecified atom stereocenters. The van der Waals surface area contributed by atoms with Gasteiger partial charge < -0.3 is 19.5 Å². The molecule has 5 heterocycles. The quantitative estimate of drug-likeness (QED) is 0.252. The van der Waals surface area contributed by atoms with Crippen LogP contribution in [0, 0.1) is 30.4 Å². The summed E-state index contributed by atoms with van der Waals surface area (Å²) in [6.45, 7) is 13.1. The fourth-order valence-electron chi connectivity index (χ4n) is 6.87. The van der Waals surface area contributed by atoms with Gasteiger partial charge in [0.05, 0.1) is 18.3 Å². The monoisotopic (exact) mass is 575 g/mol. The molecule has 10 heteroatoms. The molecular weight excluding hydrogens is 536 g/mol. The summed E-state index contributed by atoms with van der Waals surface area (Å²) in [6.07, 6.45) is 6.50. The molecule has 2 atom stereocenters. The van der Waals surface area contributed by atoms with Crippen LogP contribution in [0.2, 0.25) is 0 Å². The molecule has 0 aliphatic carbocycles. The van der Waals surface area contributed by atoms with Gasteiger partial charge in [-0.15, -0.1) is 0 Å². The van der Waals surface area contributed by atoms with E-state index in [-0.39, 0.29) is 23.2 Å². The van der Waals surface area contributed by atoms with Crippen molar-refractivity contribution in [1.29, 1.82) is 0 Å². The number of anilines is 2. The summed E-state index contributed by atoms with van der Waals surface area (Å²) in [4.78, 5) is 20.2. The fraction of sp³-hybridized carbons (Fsp3) is 0.500. The molecule has 0 bridgehead atoms. The van der Waals surface area contributed by atoms with Crippen LogP contribution in [0.1, 0.15) is 63.4 Å². The maximum atomic E-state index is 15.1. The van der Waals surface area contributed by atoms with E-state index in [1.165, 1.54) is 24.5 Å². The number of halogens is 2. The maximum Gasteiger partial charge on any atom is 0.229 e. The molecule has 0 radical (unpaired) electrons. The average Bonchev–Trinajstić information content (AvgIpc) is 3.63. The molecule has 0 amide bonds. The number of nitrogens with zero attached hydrogens (tertiary/aromatic N) is 6. The lowest BCUT2D eigenvalue weighted by Gasteiger charge is -2.38. The average molecular weight is 576 g/mol. The Bertz CT molecular complexity index is 1540. The number of nitrogens with one attached hydrogen (secondary N) is 1. The highest BCUT2D eigenvalue weighted by Gasteiger charge is 2.35. The molecule has 2 saturated heterocycles. The van der Waals surface area contributed by atoms with Gasteiger partial charge in [0.1, 0.15) is 22.9 Å². The SMILES string of the molecule is CCN1CCC(C(c2ccc(Nc3ncc(F)c(-c4cc(F)c5nc(C)n(C(C)C)c5c4)n3)nc2)C2CCOC2)CC1. The number of pyridine rings is 1. The van der Waals surface area contributed by atoms with Gasteiger partial charge in [-0.25, -0.2) is 28.7 Å². The zero-order valence-corrected chi connectivity index (χ0v) is 24.8. The van der Waals surface area contributed by atoms with E-state index in [1.54, 1.807) is 6.07 Å². The summed E-state index contributed by atoms with van der Waals surface area (Å²) in [7, 11) is 0. The molecule has 2 aliphatic rings. The van der Waals surface area contributed by atoms with E-state index in [0.717, 1.165) is 45.5 Å². The van der Waals surface area contributed by atoms with Gasteiger partial charge in [-0.1, -0.05) is 13.0 Å². The number of hydrogen-bond donors (Lipinski definition) is 1. The number of likely N-dealkylation sites (tertiary alicyclic amines) is 1. The van der Waals surface area contributed by atoms with Crippen molar-refractivity contribution in [2.45, 2.75) is 58.9 Å². The van der Waals surface area contributed by atoms with Gasteiger partial charge in [0, 0.05) is 24.4 Å². The number of aryl methyl sites for hydroxylation is 1. The van der Waals surface area contributed by atoms with Crippen LogP contribution >= 0.6 is 0 Å². The first kappa shape index (κ1) is 28.6. The zero-order chi connectivity index (χ0) is 29.4. The van der Waals surface area contributed by atoms with Crippen LogP contribution in [0.4, 0.5) is 20.5 Å². The number of fused-ring (bicyclic) bond motifs is 1. The standard InChI is InChI=1S/C32H39F2N7O/c1-5-40-11-8-21(9-12-40)29(23-10-13-42-18-23)22-6-7-28(35-16-22)38-32-36-17-26(34)30(39-32)24-14-25(33)31-27(15-24)41(19(2)3)20(4)37-31/h6-7,14-17,19,21,23,29H,5,8-13,18H2,1-4H3,(H,35,36,38,39). The van der Waals surface area contributed by atoms with Crippen molar-refractivity contribution in [2.24, 2.45) is 11.8 Å². The molecular formula is C32H39F2N7O. The van der Waals surface area contributed by atoms with Gasteiger partial charge >= 0.3 is 0 Å². The third kappa shape index (κ3) is 5.62. The molecule has 6 rings (SSSR count). The van der Waals surface area contributed by atoms with Gasteiger partial charge in [-0.2, -0.15) is 0 Å². The summed E-state index contributed by atoms with van der Waals surface area (Å²) in [5.74, 6) is 1.82. The molecule has 3 aromatic heterocycles. The Balaban J connectivity index is 1.25. The van der Waals surface area contributed by atoms with Crippen molar-refractivity contribution >= 4 is 22.8 Å². The van der Waals surface area contributed by atoms with Crippen LogP contribution in [0.3, 0.4) is 0 Å². The van der Waals surface area contributed by atoms with Crippen LogP contribution in [-0.2, 0) is 4.74 Å². The van der Waals surface area contributed by atoms with E-state index >= 15 is 4.39 Å². The van der Waals surface area contributed by atoms with Gasteiger partial charge in [0.15, 0.2) is 11.6 Å². The first-order chi connectivity index (χ1) is 20.3. The van der Waals surface area contributed by atoms with Crippen molar-refractivity contribution in [3.8, 4) is 11.3 Å². The number of piperidine rings is 1. The predicted octanol–water partition coefficient (Wildman–Crippen LogP) is 6.65. The summed E-state index contributed by atoms with van der Waals surface area (Å²) in [5.41, 5.74) is 2.43. The zero-order valence-electron chi connectivity index (χ0n) is 24.8. The minimum Gasteiger partial charge on any atom is -0.381 e. The van der Waals surface area contributed by atoms with E-state index in [4.69, 9.17) is 9.72 Å². The number of aromatic nitrogens is 5. The molecule has 42 heavy (non-hydrogen) atoms. The van der Waals surface area contributed by atoms with Crippen LogP contribution in [0.25, 0.3) is 22.3 Å². The molecule has 222 valence electrons. The Morgan fingerprint density at radius 3 is 2.48 bits per heavy atom. The van der Waals surface area contributed by atoms with Crippen molar-refractivity contribution in [3.63, 3.8) is 0 Å². The lowest BCUT2D eigenvalue weighted by atomic mass is 9.73. The summed E-state index contributed by atoms with van der Waals surface area (Å²) in [5, 5.41) is 3.11. The molecule has 0 spiro atoms. The summed E-state index contributed by atoms with van der Waals surface area (Å²) >= 11 is 0. The van der Waals surface area contributed by atoms with Crippen LogP contribution in [0.5, 0.6) is 0 Å². The van der Waals surface area contributed by atoms with E-state index < -0.39 is 11.6 Å². The highest BCUT2D eigenvalue weighted by molar-refractivity contribution is 5.83. The minimum atomic E-state index is -0.634. The van der Waals surface area contributed by atoms with Crippen LogP contribution < -0.4 is 5.32 Å². The normalized spacial score (nSPS) is 19.2. The van der Waals surface area contributed by atoms with Gasteiger partial charge in [0.2, 0.25) is 5.95 Å². The summed E-state index contributed by atoms with van der Waals surface area (Å²) in [6, 6.07) is 7.14. The van der Waals surface area contributed by atoms with Crippen molar-refractivity contribution in [2.75, 3.05) is 38.2 Å². The lowest BCUT2D eigenvalue weighted by molar-refractivity contribution is 0.137. The molecule has 8 nitrogen and oxygen atoms in total. The second-order valence-corrected chi connectivity index (χ2v) is 11.9. The van der Waals surface area contributed by atoms with E-state index in [2.05, 4.69) is 38.2 Å². The lowest BCUT2D eigenvalue weighted by Crippen LogP contribution is -2.37. The maximum absolute atomic E-state index is 15.1. The van der Waals surface area contributed by atoms with Gasteiger partial charge in [-0.3, -0.25) is 0 Å². The van der Waals surface area contributed by atoms with E-state index in [9.17, 15) is 4.39 Å². The molecule has 2 fully saturated rings. The third-order valence-corrected chi connectivity index (χ3v) is 8.93. The number of rotatable bonds is 8. The second kappa shape index (κ2) is 12.0. The molecule has 1 aromatic carbocycles. The first-order valence-electron chi connectivity index (χ1n) is 15.1. The smallest absolute Gasteiger partial charge is 0.229 e. The largest absolute Gasteiger partial charge is 0.381 e. The van der Waals surface area contributed by atoms with Crippen LogP contribution in [0.15, 0.2) is 36.7 Å². The Morgan fingerprint density at radius 2 is 1.81 bits per heavy atom. The number of hydrogen-bond acceptors (Lipinski definition) is 7. The molecule has 0 saturated carbocycles. The Kier molecular flexibility index (Phi) is 8.18. The van der Waals surface area contributed by atoms with Crippen molar-refractivity contribution in [1.82, 2.24) is 29.4 Å². The van der Waals surface area contributed by atoms with Crippen molar-refractivity contribution < 1.29 is 13.5 Å². The first-order valence-corrected chi connectivity index (χ1v) is 15.1. The second-order valence-electron chi connectivity index (χ2n) is 11.9. The van der Waals surface area contributed by atoms with Gasteiger partial charge in [-0.05, 0) is 101 Å². The predicted molar refractivity (Wildman–Crippen MR) is 160 cm³/mol. The minimum absolute atomic E-state index is 0.0128. The van der Waals surface area contributed by atoms with Gasteiger partial charge in [0.25, 0.3) is 0 Å². The molecule has 1 N–H and O–H groups in total. The number of imidazole rings is 1. The van der Waals surface area contributed by atoms with Crippen molar-refractivity contribution in [3.05, 3.63) is 59.7 Å². The molecule has 4 aromatic rings. The number of benzene rings is 1. The Morgan fingerprint density at radius 1 is 1.00 bits per heavy atom. The highest BCUT2D eigenvalue weighted by Crippen LogP contribution is 2.41. The van der Waals surface area contributed by atoms with Crippen LogP contribution in [-0.4, -0.2) is 62.3 Å². The number of ether oxygens (including phenoxy) is 1. The topological polar surface area (TPSA) is 81.0 Å². The Labute approximate surface area is 245 Å². The third-order valence-electron chi connectivity index (χ3n) is 8.93. The molecule has 2 aliphatic heterocycles. The Hall–Kier alpha value is -3.50. The fourth-order valence-corrected chi connectivity index (χ4v) is 6.87. The van der Waals surface area contributed by atoms with E-state index in [1.807, 2.05) is 37.6 Å².